The lowest BCUT2D eigenvalue weighted by Crippen LogP contribution is -2.43. The second-order valence-electron chi connectivity index (χ2n) is 5.18. The van der Waals surface area contributed by atoms with Gasteiger partial charge in [0.1, 0.15) is 0 Å². The minimum atomic E-state index is -0.779. The van der Waals surface area contributed by atoms with Crippen molar-refractivity contribution < 1.29 is 14.7 Å². The fourth-order valence-corrected chi connectivity index (χ4v) is 2.78. The van der Waals surface area contributed by atoms with Crippen molar-refractivity contribution in [1.82, 2.24) is 10.2 Å². The highest BCUT2D eigenvalue weighted by Crippen LogP contribution is 2.23. The minimum Gasteiger partial charge on any atom is -0.481 e. The number of carbonyl (C=O) groups is 2. The third kappa shape index (κ3) is 2.77. The Labute approximate surface area is 101 Å². The topological polar surface area (TPSA) is 69.6 Å². The highest BCUT2D eigenvalue weighted by Gasteiger charge is 2.35. The lowest BCUT2D eigenvalue weighted by Gasteiger charge is -2.30. The van der Waals surface area contributed by atoms with Crippen LogP contribution in [-0.4, -0.2) is 47.6 Å². The maximum Gasteiger partial charge on any atom is 0.308 e. The molecule has 3 unspecified atom stereocenters. The van der Waals surface area contributed by atoms with Gasteiger partial charge in [-0.2, -0.15) is 0 Å². The van der Waals surface area contributed by atoms with Crippen LogP contribution in [0.25, 0.3) is 0 Å². The lowest BCUT2D eigenvalue weighted by molar-refractivity contribution is -0.141. The summed E-state index contributed by atoms with van der Waals surface area (Å²) in [5, 5.41) is 12.2. The number of rotatable bonds is 2. The third-order valence-corrected chi connectivity index (χ3v) is 3.82. The van der Waals surface area contributed by atoms with Crippen LogP contribution < -0.4 is 5.32 Å². The standard InChI is InChI=1S/C12H20N2O3/c1-8-6-9(2-4-13-8)11(15)14-5-3-10(7-14)12(16)17/h8-10,13H,2-7H2,1H3,(H,16,17). The van der Waals surface area contributed by atoms with E-state index in [1.807, 2.05) is 0 Å². The number of hydrogen-bond donors (Lipinski definition) is 2. The largest absolute Gasteiger partial charge is 0.481 e. The van der Waals surface area contributed by atoms with E-state index in [4.69, 9.17) is 5.11 Å². The molecule has 0 saturated carbocycles. The Balaban J connectivity index is 1.90. The molecule has 0 spiro atoms. The summed E-state index contributed by atoms with van der Waals surface area (Å²) in [7, 11) is 0. The monoisotopic (exact) mass is 240 g/mol. The van der Waals surface area contributed by atoms with E-state index in [-0.39, 0.29) is 17.7 Å². The van der Waals surface area contributed by atoms with Crippen molar-refractivity contribution in [2.24, 2.45) is 11.8 Å². The summed E-state index contributed by atoms with van der Waals surface area (Å²) in [6, 6.07) is 0.385. The first-order valence-corrected chi connectivity index (χ1v) is 6.33. The van der Waals surface area contributed by atoms with E-state index >= 15 is 0 Å². The summed E-state index contributed by atoms with van der Waals surface area (Å²) in [4.78, 5) is 24.8. The molecule has 3 atom stereocenters. The molecule has 2 aliphatic rings. The zero-order valence-corrected chi connectivity index (χ0v) is 10.2. The Morgan fingerprint density at radius 1 is 1.29 bits per heavy atom. The summed E-state index contributed by atoms with van der Waals surface area (Å²) in [6.45, 7) is 3.97. The lowest BCUT2D eigenvalue weighted by atomic mass is 9.92. The first-order valence-electron chi connectivity index (χ1n) is 6.33. The number of amides is 1. The third-order valence-electron chi connectivity index (χ3n) is 3.82. The van der Waals surface area contributed by atoms with Gasteiger partial charge >= 0.3 is 5.97 Å². The van der Waals surface area contributed by atoms with Crippen molar-refractivity contribution in [2.75, 3.05) is 19.6 Å². The summed E-state index contributed by atoms with van der Waals surface area (Å²) < 4.78 is 0. The van der Waals surface area contributed by atoms with Crippen LogP contribution in [0.15, 0.2) is 0 Å². The van der Waals surface area contributed by atoms with Gasteiger partial charge in [0.2, 0.25) is 5.91 Å². The predicted molar refractivity (Wildman–Crippen MR) is 62.5 cm³/mol. The van der Waals surface area contributed by atoms with Gasteiger partial charge in [-0.3, -0.25) is 9.59 Å². The molecule has 0 radical (unpaired) electrons. The number of carbonyl (C=O) groups excluding carboxylic acids is 1. The molecule has 0 aliphatic carbocycles. The predicted octanol–water partition coefficient (Wildman–Crippen LogP) is 0.308. The van der Waals surface area contributed by atoms with Crippen LogP contribution >= 0.6 is 0 Å². The number of carboxylic acids is 1. The van der Waals surface area contributed by atoms with E-state index in [0.29, 0.717) is 25.6 Å². The molecule has 0 aromatic carbocycles. The second-order valence-corrected chi connectivity index (χ2v) is 5.18. The van der Waals surface area contributed by atoms with E-state index in [9.17, 15) is 9.59 Å². The Hall–Kier alpha value is -1.10. The SMILES string of the molecule is CC1CC(C(=O)N2CCC(C(=O)O)C2)CCN1. The molecule has 0 aromatic rings. The summed E-state index contributed by atoms with van der Waals surface area (Å²) in [6.07, 6.45) is 2.34. The van der Waals surface area contributed by atoms with Crippen molar-refractivity contribution in [3.63, 3.8) is 0 Å². The molecular weight excluding hydrogens is 220 g/mol. The summed E-state index contributed by atoms with van der Waals surface area (Å²) in [5.41, 5.74) is 0. The summed E-state index contributed by atoms with van der Waals surface area (Å²) in [5.74, 6) is -0.905. The van der Waals surface area contributed by atoms with E-state index in [1.54, 1.807) is 4.90 Å². The number of nitrogens with zero attached hydrogens (tertiary/aromatic N) is 1. The Morgan fingerprint density at radius 2 is 2.06 bits per heavy atom. The van der Waals surface area contributed by atoms with Crippen LogP contribution in [0.3, 0.4) is 0 Å². The molecule has 2 fully saturated rings. The van der Waals surface area contributed by atoms with Gasteiger partial charge in [-0.05, 0) is 32.7 Å². The smallest absolute Gasteiger partial charge is 0.308 e. The highest BCUT2D eigenvalue weighted by molar-refractivity contribution is 5.81. The minimum absolute atomic E-state index is 0.0822. The number of nitrogens with one attached hydrogen (secondary N) is 1. The molecule has 2 saturated heterocycles. The van der Waals surface area contributed by atoms with Crippen molar-refractivity contribution in [1.29, 1.82) is 0 Å². The van der Waals surface area contributed by atoms with Crippen LogP contribution in [0.4, 0.5) is 0 Å². The van der Waals surface area contributed by atoms with Gasteiger partial charge in [0.25, 0.3) is 0 Å². The highest BCUT2D eigenvalue weighted by atomic mass is 16.4. The quantitative estimate of drug-likeness (QED) is 0.728. The molecule has 0 aromatic heterocycles. The van der Waals surface area contributed by atoms with Gasteiger partial charge in [0.05, 0.1) is 5.92 Å². The van der Waals surface area contributed by atoms with E-state index in [1.165, 1.54) is 0 Å². The fourth-order valence-electron chi connectivity index (χ4n) is 2.78. The molecule has 17 heavy (non-hydrogen) atoms. The summed E-state index contributed by atoms with van der Waals surface area (Å²) >= 11 is 0. The van der Waals surface area contributed by atoms with Crippen LogP contribution in [0, 0.1) is 11.8 Å². The maximum atomic E-state index is 12.2. The average molecular weight is 240 g/mol. The fraction of sp³-hybridized carbons (Fsp3) is 0.833. The first-order chi connectivity index (χ1) is 8.08. The van der Waals surface area contributed by atoms with Crippen LogP contribution in [0.5, 0.6) is 0 Å². The van der Waals surface area contributed by atoms with Gasteiger partial charge in [0.15, 0.2) is 0 Å². The molecule has 2 rings (SSSR count). The van der Waals surface area contributed by atoms with Crippen molar-refractivity contribution in [2.45, 2.75) is 32.2 Å². The molecule has 1 amide bonds. The average Bonchev–Trinajstić information content (AvgIpc) is 2.77. The van der Waals surface area contributed by atoms with Gasteiger partial charge in [-0.15, -0.1) is 0 Å². The Kier molecular flexibility index (Phi) is 3.66. The molecule has 0 bridgehead atoms. The Morgan fingerprint density at radius 3 is 2.65 bits per heavy atom. The maximum absolute atomic E-state index is 12.2. The first kappa shape index (κ1) is 12.4. The van der Waals surface area contributed by atoms with Crippen LogP contribution in [0.2, 0.25) is 0 Å². The van der Waals surface area contributed by atoms with Gasteiger partial charge in [-0.25, -0.2) is 0 Å². The number of hydrogen-bond acceptors (Lipinski definition) is 3. The molecule has 96 valence electrons. The van der Waals surface area contributed by atoms with E-state index in [0.717, 1.165) is 19.4 Å². The zero-order chi connectivity index (χ0) is 12.4. The Bertz CT molecular complexity index is 319. The number of likely N-dealkylation sites (tertiary alicyclic amines) is 1. The van der Waals surface area contributed by atoms with E-state index in [2.05, 4.69) is 12.2 Å². The normalized spacial score (nSPS) is 33.7. The number of carboxylic acid groups (broad SMARTS) is 1. The van der Waals surface area contributed by atoms with Crippen LogP contribution in [-0.2, 0) is 9.59 Å². The van der Waals surface area contributed by atoms with Gasteiger partial charge < -0.3 is 15.3 Å². The molecule has 5 heteroatoms. The number of piperidine rings is 1. The number of aliphatic carboxylic acids is 1. The van der Waals surface area contributed by atoms with Crippen molar-refractivity contribution in [3.05, 3.63) is 0 Å². The van der Waals surface area contributed by atoms with Crippen LogP contribution in [0.1, 0.15) is 26.2 Å². The van der Waals surface area contributed by atoms with Gasteiger partial charge in [0, 0.05) is 25.0 Å². The van der Waals surface area contributed by atoms with E-state index < -0.39 is 5.97 Å². The molecule has 2 N–H and O–H groups in total. The molecule has 2 aliphatic heterocycles. The van der Waals surface area contributed by atoms with Crippen molar-refractivity contribution in [3.8, 4) is 0 Å². The zero-order valence-electron chi connectivity index (χ0n) is 10.2. The molecule has 2 heterocycles. The second kappa shape index (κ2) is 5.04. The molecular formula is C12H20N2O3. The molecule has 5 nitrogen and oxygen atoms in total. The van der Waals surface area contributed by atoms with Gasteiger partial charge in [-0.1, -0.05) is 0 Å². The van der Waals surface area contributed by atoms with Crippen molar-refractivity contribution >= 4 is 11.9 Å².